The highest BCUT2D eigenvalue weighted by atomic mass is 16.8. The van der Waals surface area contributed by atoms with Crippen LogP contribution >= 0.6 is 0 Å². The standard InChI is InChI=1S/C49H80O29/c1-68-26-9-18(4-5-21(26)54)44-27(73-49-45(40(64)35(59)30(15-52)76-49)78-48-43(67)38(62)34(58)29(14-51)75-48)12-20-24(70-44)10-19(53)11-25(20)72-47-42(66)39(63)36(60)31(77-47)16-69-32(56)7-3-17-2-6-23(22(55)8-17)71-46-41(65)37(61)33(57)28(13-50)74-46/h3,7,17-31,33-55,57-67H,2,4-6,8-16H2,1H3/p+1/t17?,18?,19?,20?,21?,22?,23?,24?,25?,26?,27?,28-,29-,30-,31-,33-,34-,35-,36-,37+,38+,39+,40+,41-,42-,43-,44?,45-,46-,47-,48+,49-/m1/s1. The molecule has 0 aromatic carbocycles. The highest BCUT2D eigenvalue weighted by molar-refractivity contribution is 5.81. The van der Waals surface area contributed by atoms with Gasteiger partial charge in [0.05, 0.1) is 62.4 Å². The average Bonchev–Trinajstić information content (AvgIpc) is 3.51. The van der Waals surface area contributed by atoms with E-state index in [1.165, 1.54) is 13.2 Å². The minimum Gasteiger partial charge on any atom is -0.460 e. The summed E-state index contributed by atoms with van der Waals surface area (Å²) < 4.78 is 63.9. The van der Waals surface area contributed by atoms with Crippen molar-refractivity contribution in [1.82, 2.24) is 0 Å². The molecule has 5 heterocycles. The van der Waals surface area contributed by atoms with Crippen LogP contribution in [0, 0.1) is 17.8 Å². The van der Waals surface area contributed by atoms with Gasteiger partial charge in [-0.05, 0) is 50.9 Å². The molecular formula is C49H81O29+. The third-order valence-electron chi connectivity index (χ3n) is 16.9. The van der Waals surface area contributed by atoms with Gasteiger partial charge >= 0.3 is 5.97 Å². The summed E-state index contributed by atoms with van der Waals surface area (Å²) in [6, 6.07) is 0. The molecule has 78 heavy (non-hydrogen) atoms. The fraction of sp³-hybridized carbons (Fsp3) is 0.939. The van der Waals surface area contributed by atoms with Gasteiger partial charge in [0.2, 0.25) is 0 Å². The van der Waals surface area contributed by atoms with Crippen molar-refractivity contribution < 1.29 is 144 Å². The number of methoxy groups -OCH3 is 1. The van der Waals surface area contributed by atoms with E-state index in [1.807, 2.05) is 0 Å². The number of hydrogen-bond donors (Lipinski definition) is 17. The van der Waals surface area contributed by atoms with E-state index < -0.39 is 216 Å². The van der Waals surface area contributed by atoms with Gasteiger partial charge in [0.25, 0.3) is 0 Å². The van der Waals surface area contributed by atoms with E-state index in [4.69, 9.17) is 52.1 Å². The number of carbonyl (C=O) groups is 1. The van der Waals surface area contributed by atoms with Crippen LogP contribution in [-0.4, -0.2) is 309 Å². The first-order chi connectivity index (χ1) is 37.2. The van der Waals surface area contributed by atoms with Gasteiger partial charge < -0.3 is 139 Å². The van der Waals surface area contributed by atoms with Gasteiger partial charge in [0.15, 0.2) is 37.4 Å². The zero-order valence-electron chi connectivity index (χ0n) is 42.9. The molecule has 8 aliphatic rings. The number of rotatable bonds is 17. The molecule has 0 bridgehead atoms. The van der Waals surface area contributed by atoms with E-state index in [1.54, 1.807) is 0 Å². The predicted molar refractivity (Wildman–Crippen MR) is 252 cm³/mol. The summed E-state index contributed by atoms with van der Waals surface area (Å²) >= 11 is 0. The summed E-state index contributed by atoms with van der Waals surface area (Å²) in [7, 11) is 1.46. The van der Waals surface area contributed by atoms with Crippen LogP contribution in [0.4, 0.5) is 0 Å². The molecule has 0 radical (unpaired) electrons. The Hall–Kier alpha value is -1.87. The second-order valence-corrected chi connectivity index (χ2v) is 22.0. The van der Waals surface area contributed by atoms with E-state index in [0.717, 1.165) is 6.08 Å². The molecule has 450 valence electrons. The molecular weight excluding hydrogens is 1050 g/mol. The number of aliphatic hydroxyl groups excluding tert-OH is 17. The SMILES string of the molecule is COC1CC(C2[OH+]C3CC(O)CC(O[C@@H]4O[C@H](COC(=O)C=CC5CCC(O[C@@H]6O[C@H](CO)[C@@H](O)[C@H](O)[C@H]6O)C(O)C5)[C@@H](O)[C@H](O)[C@H]4O)C3CC2O[C@@H]2O[C@H](CO)[C@@H](O)[C@H](O)[C@H]2O[C@@H]2O[C@H](CO)[C@@H](O)[C@H](O)[C@H]2O)CCC1O. The number of esters is 1. The Balaban J connectivity index is 0.933. The van der Waals surface area contributed by atoms with Crippen molar-refractivity contribution in [2.75, 3.05) is 33.5 Å². The minimum atomic E-state index is -1.94. The van der Waals surface area contributed by atoms with Crippen LogP contribution in [0.3, 0.4) is 0 Å². The third-order valence-corrected chi connectivity index (χ3v) is 16.9. The molecule has 18 N–H and O–H groups in total. The van der Waals surface area contributed by atoms with E-state index in [0.29, 0.717) is 25.7 Å². The summed E-state index contributed by atoms with van der Waals surface area (Å²) in [4.78, 5) is 13.0. The minimum absolute atomic E-state index is 0.0489. The third kappa shape index (κ3) is 13.7. The first-order valence-electron chi connectivity index (χ1n) is 26.8. The van der Waals surface area contributed by atoms with Crippen molar-refractivity contribution in [1.29, 1.82) is 0 Å². The van der Waals surface area contributed by atoms with Crippen LogP contribution < -0.4 is 0 Å². The normalized spacial score (nSPS) is 51.5. The number of allylic oxidation sites excluding steroid dienone is 1. The van der Waals surface area contributed by atoms with Crippen molar-refractivity contribution in [3.8, 4) is 0 Å². The van der Waals surface area contributed by atoms with E-state index in [2.05, 4.69) is 0 Å². The summed E-state index contributed by atoms with van der Waals surface area (Å²) in [6.45, 7) is -2.90. The summed E-state index contributed by atoms with van der Waals surface area (Å²) in [5.41, 5.74) is 0. The Bertz CT molecular complexity index is 1910. The number of carbonyl (C=O) groups excluding carboxylic acids is 1. The van der Waals surface area contributed by atoms with Gasteiger partial charge in [-0.3, -0.25) is 0 Å². The molecule has 0 aromatic heterocycles. The Morgan fingerprint density at radius 1 is 0.500 bits per heavy atom. The second-order valence-electron chi connectivity index (χ2n) is 22.0. The lowest BCUT2D eigenvalue weighted by atomic mass is 9.72. The van der Waals surface area contributed by atoms with Crippen LogP contribution in [-0.2, 0) is 52.2 Å². The zero-order chi connectivity index (χ0) is 56.4. The molecule has 12 unspecified atom stereocenters. The largest absolute Gasteiger partial charge is 0.460 e. The van der Waals surface area contributed by atoms with Crippen LogP contribution in [0.5, 0.6) is 0 Å². The van der Waals surface area contributed by atoms with Crippen molar-refractivity contribution in [2.24, 2.45) is 17.8 Å². The van der Waals surface area contributed by atoms with Crippen LogP contribution in [0.1, 0.15) is 57.8 Å². The topological polar surface area (TPSA) is 466 Å². The molecule has 5 saturated heterocycles. The molecule has 32 atom stereocenters. The highest BCUT2D eigenvalue weighted by Gasteiger charge is 2.58. The first-order valence-corrected chi connectivity index (χ1v) is 26.8. The fourth-order valence-corrected chi connectivity index (χ4v) is 12.3. The number of aliphatic hydroxyl groups is 19. The second kappa shape index (κ2) is 27.2. The highest BCUT2D eigenvalue weighted by Crippen LogP contribution is 2.45. The maximum atomic E-state index is 13.0. The Kier molecular flexibility index (Phi) is 21.7. The molecule has 3 aliphatic carbocycles. The smallest absolute Gasteiger partial charge is 0.330 e. The van der Waals surface area contributed by atoms with E-state index in [9.17, 15) is 91.6 Å². The zero-order valence-corrected chi connectivity index (χ0v) is 42.9. The first kappa shape index (κ1) is 62.2. The fourth-order valence-electron chi connectivity index (χ4n) is 12.3. The van der Waals surface area contributed by atoms with E-state index in [-0.39, 0.29) is 43.9 Å². The molecule has 0 amide bonds. The summed E-state index contributed by atoms with van der Waals surface area (Å²) in [6.07, 6.45) is -36.8. The molecule has 0 aromatic rings. The maximum absolute atomic E-state index is 13.0. The molecule has 3 saturated carbocycles. The Labute approximate surface area is 447 Å². The average molecular weight is 1130 g/mol. The van der Waals surface area contributed by atoms with Crippen LogP contribution in [0.2, 0.25) is 0 Å². The van der Waals surface area contributed by atoms with Crippen molar-refractivity contribution >= 4 is 5.97 Å². The van der Waals surface area contributed by atoms with Crippen molar-refractivity contribution in [3.63, 3.8) is 0 Å². The lowest BCUT2D eigenvalue weighted by Gasteiger charge is -2.51. The van der Waals surface area contributed by atoms with Gasteiger partial charge in [-0.1, -0.05) is 6.08 Å². The molecule has 29 nitrogen and oxygen atoms in total. The molecule has 29 heteroatoms. The Morgan fingerprint density at radius 2 is 1.03 bits per heavy atom. The number of hydrogen-bond acceptors (Lipinski definition) is 28. The van der Waals surface area contributed by atoms with Crippen molar-refractivity contribution in [3.05, 3.63) is 12.2 Å². The summed E-state index contributed by atoms with van der Waals surface area (Å²) in [5.74, 6) is -2.23. The number of ether oxygens (including phenoxy) is 11. The lowest BCUT2D eigenvalue weighted by Crippen LogP contribution is -2.66. The van der Waals surface area contributed by atoms with Crippen LogP contribution in [0.15, 0.2) is 12.2 Å². The van der Waals surface area contributed by atoms with Gasteiger partial charge in [-0.15, -0.1) is 0 Å². The lowest BCUT2D eigenvalue weighted by molar-refractivity contribution is -0.390. The number of fused-ring (bicyclic) bond motifs is 1. The molecule has 5 aliphatic heterocycles. The monoisotopic (exact) mass is 1130 g/mol. The quantitative estimate of drug-likeness (QED) is 0.0365. The van der Waals surface area contributed by atoms with Gasteiger partial charge in [0, 0.05) is 31.9 Å². The van der Waals surface area contributed by atoms with Gasteiger partial charge in [0.1, 0.15) is 110 Å². The van der Waals surface area contributed by atoms with Crippen LogP contribution in [0.25, 0.3) is 0 Å². The predicted octanol–water partition coefficient (Wildman–Crippen LogP) is -8.75. The van der Waals surface area contributed by atoms with E-state index >= 15 is 0 Å². The molecule has 0 spiro atoms. The summed E-state index contributed by atoms with van der Waals surface area (Å²) in [5, 5.41) is 180. The molecule has 8 fully saturated rings. The van der Waals surface area contributed by atoms with Crippen molar-refractivity contribution in [2.45, 2.75) is 236 Å². The Morgan fingerprint density at radius 3 is 1.60 bits per heavy atom. The maximum Gasteiger partial charge on any atom is 0.330 e. The molecule has 8 rings (SSSR count). The van der Waals surface area contributed by atoms with Gasteiger partial charge in [-0.2, -0.15) is 0 Å². The van der Waals surface area contributed by atoms with Gasteiger partial charge in [-0.25, -0.2) is 4.79 Å².